The Hall–Kier alpha value is -4.65. The second-order valence-electron chi connectivity index (χ2n) is 10.5. The summed E-state index contributed by atoms with van der Waals surface area (Å²) in [4.78, 5) is 47.9. The molecule has 0 saturated carbocycles. The predicted octanol–water partition coefficient (Wildman–Crippen LogP) is 3.01. The van der Waals surface area contributed by atoms with Gasteiger partial charge in [-0.1, -0.05) is 30.3 Å². The molecule has 4 bridgehead atoms. The highest BCUT2D eigenvalue weighted by molar-refractivity contribution is 5.89. The molecular formula is C29H31FN8O4. The molecule has 5 heterocycles. The quantitative estimate of drug-likeness (QED) is 0.393. The van der Waals surface area contributed by atoms with Gasteiger partial charge >= 0.3 is 6.09 Å². The fourth-order valence-corrected chi connectivity index (χ4v) is 5.62. The molecule has 0 spiro atoms. The smallest absolute Gasteiger partial charge is 0.410 e. The summed E-state index contributed by atoms with van der Waals surface area (Å²) in [6.07, 6.45) is 1.90. The molecule has 0 aliphatic carbocycles. The zero-order valence-corrected chi connectivity index (χ0v) is 23.5. The molecule has 12 nitrogen and oxygen atoms in total. The number of imidazole rings is 1. The Balaban J connectivity index is 1.38. The fourth-order valence-electron chi connectivity index (χ4n) is 5.62. The normalized spacial score (nSPS) is 20.7. The van der Waals surface area contributed by atoms with Crippen LogP contribution < -0.4 is 5.32 Å². The monoisotopic (exact) mass is 574 g/mol. The van der Waals surface area contributed by atoms with Crippen molar-refractivity contribution in [3.63, 3.8) is 0 Å². The van der Waals surface area contributed by atoms with E-state index in [0.29, 0.717) is 29.1 Å². The minimum atomic E-state index is -0.793. The van der Waals surface area contributed by atoms with Crippen LogP contribution in [0.4, 0.5) is 15.1 Å². The van der Waals surface area contributed by atoms with Crippen molar-refractivity contribution in [1.29, 1.82) is 0 Å². The topological polar surface area (TPSA) is 128 Å². The molecule has 1 aromatic carbocycles. The number of aromatic nitrogens is 5. The van der Waals surface area contributed by atoms with Crippen LogP contribution in [0.3, 0.4) is 0 Å². The number of carbonyl (C=O) groups is 2. The van der Waals surface area contributed by atoms with Crippen LogP contribution in [-0.2, 0) is 27.4 Å². The Labute approximate surface area is 241 Å². The molecule has 3 aromatic heterocycles. The number of hydrogen-bond donors (Lipinski definition) is 1. The number of methoxy groups -OCH3 is 1. The second-order valence-corrected chi connectivity index (χ2v) is 10.5. The number of likely N-dealkylation sites (tertiary alicyclic amines) is 1. The average Bonchev–Trinajstić information content (AvgIpc) is 3.56. The summed E-state index contributed by atoms with van der Waals surface area (Å²) >= 11 is 0. The number of rotatable bonds is 3. The van der Waals surface area contributed by atoms with Crippen LogP contribution in [0.1, 0.15) is 17.8 Å². The molecule has 0 unspecified atom stereocenters. The molecule has 1 N–H and O–H groups in total. The Morgan fingerprint density at radius 2 is 1.90 bits per heavy atom. The number of benzene rings is 1. The van der Waals surface area contributed by atoms with Crippen molar-refractivity contribution in [3.8, 4) is 11.4 Å². The number of hydrogen-bond acceptors (Lipinski definition) is 9. The second kappa shape index (κ2) is 11.3. The highest BCUT2D eigenvalue weighted by atomic mass is 19.1. The lowest BCUT2D eigenvalue weighted by molar-refractivity contribution is -0.136. The molecule has 3 atom stereocenters. The van der Waals surface area contributed by atoms with Crippen molar-refractivity contribution in [2.45, 2.75) is 44.7 Å². The summed E-state index contributed by atoms with van der Waals surface area (Å²) in [7, 11) is 3.26. The number of nitrogens with one attached hydrogen (secondary N) is 1. The van der Waals surface area contributed by atoms with Crippen molar-refractivity contribution in [2.75, 3.05) is 32.6 Å². The third-order valence-electron chi connectivity index (χ3n) is 7.75. The highest BCUT2D eigenvalue weighted by Crippen LogP contribution is 2.30. The number of pyridine rings is 1. The van der Waals surface area contributed by atoms with Gasteiger partial charge in [0.1, 0.15) is 29.9 Å². The van der Waals surface area contributed by atoms with Crippen LogP contribution in [0, 0.1) is 12.7 Å². The van der Waals surface area contributed by atoms with E-state index in [1.807, 2.05) is 41.8 Å². The van der Waals surface area contributed by atoms with Gasteiger partial charge in [-0.2, -0.15) is 0 Å². The van der Waals surface area contributed by atoms with Crippen LogP contribution in [0.2, 0.25) is 0 Å². The number of carbonyl (C=O) groups excluding carboxylic acids is 2. The van der Waals surface area contributed by atoms with Crippen LogP contribution in [0.15, 0.2) is 48.8 Å². The lowest BCUT2D eigenvalue weighted by Crippen LogP contribution is -2.49. The Morgan fingerprint density at radius 1 is 1.10 bits per heavy atom. The molecule has 2 aliphatic rings. The molecule has 6 rings (SSSR count). The van der Waals surface area contributed by atoms with Gasteiger partial charge in [-0.25, -0.2) is 24.1 Å². The van der Waals surface area contributed by atoms with Crippen LogP contribution in [0.5, 0.6) is 0 Å². The van der Waals surface area contributed by atoms with Gasteiger partial charge in [-0.05, 0) is 25.0 Å². The van der Waals surface area contributed by atoms with E-state index in [2.05, 4.69) is 25.3 Å². The van der Waals surface area contributed by atoms with Crippen molar-refractivity contribution in [3.05, 3.63) is 66.0 Å². The molecule has 13 heteroatoms. The van der Waals surface area contributed by atoms with E-state index in [1.165, 1.54) is 4.90 Å². The summed E-state index contributed by atoms with van der Waals surface area (Å²) in [6, 6.07) is 9.90. The summed E-state index contributed by atoms with van der Waals surface area (Å²) in [6.45, 7) is 2.66. The third kappa shape index (κ3) is 5.22. The Morgan fingerprint density at radius 3 is 2.69 bits per heavy atom. The first-order chi connectivity index (χ1) is 20.3. The van der Waals surface area contributed by atoms with Gasteiger partial charge in [-0.15, -0.1) is 0 Å². The minimum absolute atomic E-state index is 0.0185. The maximum atomic E-state index is 15.2. The Bertz CT molecular complexity index is 1630. The molecular weight excluding hydrogens is 543 g/mol. The van der Waals surface area contributed by atoms with Crippen LogP contribution in [0.25, 0.3) is 22.4 Å². The summed E-state index contributed by atoms with van der Waals surface area (Å²) < 4.78 is 28.5. The number of likely N-dealkylation sites (N-methyl/N-ethyl adjacent to an activating group) is 1. The number of nitrogens with zero attached hydrogens (tertiary/aromatic N) is 7. The highest BCUT2D eigenvalue weighted by Gasteiger charge is 2.42. The Kier molecular flexibility index (Phi) is 7.42. The minimum Gasteiger partial charge on any atom is -0.445 e. The van der Waals surface area contributed by atoms with Crippen molar-refractivity contribution < 1.29 is 23.5 Å². The van der Waals surface area contributed by atoms with Gasteiger partial charge in [0.2, 0.25) is 11.9 Å². The van der Waals surface area contributed by atoms with Gasteiger partial charge in [0.05, 0.1) is 29.9 Å². The van der Waals surface area contributed by atoms with Crippen molar-refractivity contribution in [2.24, 2.45) is 0 Å². The van der Waals surface area contributed by atoms with E-state index in [0.717, 1.165) is 11.8 Å². The molecule has 1 fully saturated rings. The van der Waals surface area contributed by atoms with E-state index in [1.54, 1.807) is 31.3 Å². The fraction of sp³-hybridized carbons (Fsp3) is 0.379. The van der Waals surface area contributed by atoms with Crippen molar-refractivity contribution in [1.82, 2.24) is 34.3 Å². The van der Waals surface area contributed by atoms with E-state index < -0.39 is 30.1 Å². The molecule has 2 aliphatic heterocycles. The number of aryl methyl sites for hydroxylation is 1. The first-order valence-corrected chi connectivity index (χ1v) is 13.7. The zero-order valence-electron chi connectivity index (χ0n) is 23.5. The van der Waals surface area contributed by atoms with Gasteiger partial charge in [0.15, 0.2) is 5.82 Å². The van der Waals surface area contributed by atoms with E-state index in [-0.39, 0.29) is 43.7 Å². The first-order valence-electron chi connectivity index (χ1n) is 13.7. The number of ether oxygens (including phenoxy) is 2. The molecule has 42 heavy (non-hydrogen) atoms. The van der Waals surface area contributed by atoms with Gasteiger partial charge < -0.3 is 24.3 Å². The van der Waals surface area contributed by atoms with Crippen LogP contribution >= 0.6 is 0 Å². The average molecular weight is 575 g/mol. The molecule has 218 valence electrons. The number of fused-ring (bicyclic) bond motifs is 5. The van der Waals surface area contributed by atoms with Gasteiger partial charge in [-0.3, -0.25) is 14.7 Å². The molecule has 2 amide bonds. The van der Waals surface area contributed by atoms with Crippen LogP contribution in [-0.4, -0.2) is 91.7 Å². The van der Waals surface area contributed by atoms with Gasteiger partial charge in [0, 0.05) is 39.5 Å². The maximum absolute atomic E-state index is 15.2. The van der Waals surface area contributed by atoms with E-state index >= 15 is 4.39 Å². The standard InChI is InChI=1S/C29H31FN8O4/c1-17-33-22-9-10-31-25-24-21(30)12-32-28(35-24)34-19-11-23(27(39)36(2)14-20(41-3)15-37(17)26(22)25)38(13-19)29(40)42-16-18-7-5-4-6-8-18/h4-10,12,19-20,23H,11,13-16H2,1-3H3,(H,32,34,35)/t19-,20-,23-/m0/s1. The zero-order chi connectivity index (χ0) is 29.4. The van der Waals surface area contributed by atoms with Gasteiger partial charge in [0.25, 0.3) is 0 Å². The number of amides is 2. The van der Waals surface area contributed by atoms with E-state index in [9.17, 15) is 9.59 Å². The maximum Gasteiger partial charge on any atom is 0.410 e. The van der Waals surface area contributed by atoms with E-state index in [4.69, 9.17) is 9.47 Å². The first kappa shape index (κ1) is 27.5. The molecule has 4 aromatic rings. The van der Waals surface area contributed by atoms with Crippen molar-refractivity contribution >= 4 is 29.0 Å². The largest absolute Gasteiger partial charge is 0.445 e. The predicted molar refractivity (Wildman–Crippen MR) is 151 cm³/mol. The third-order valence-corrected chi connectivity index (χ3v) is 7.75. The number of anilines is 1. The molecule has 0 radical (unpaired) electrons. The lowest BCUT2D eigenvalue weighted by Gasteiger charge is -2.29. The SMILES string of the molecule is CO[C@H]1CN(C)C(=O)[C@@H]2C[C@@H](CN2C(=O)OCc2ccccc2)Nc2ncc(F)c(n2)-c2nccc3nc(C)n(c23)C1. The summed E-state index contributed by atoms with van der Waals surface area (Å²) in [5.74, 6) is -0.0486. The molecule has 1 saturated heterocycles. The summed E-state index contributed by atoms with van der Waals surface area (Å²) in [5.41, 5.74) is 2.42. The lowest BCUT2D eigenvalue weighted by atomic mass is 10.1. The number of halogens is 1. The summed E-state index contributed by atoms with van der Waals surface area (Å²) in [5, 5.41) is 3.20.